The number of hydrogen-bond donors (Lipinski definition) is 1. The molecule has 3 heterocycles. The van der Waals surface area contributed by atoms with Crippen molar-refractivity contribution >= 4 is 5.91 Å². The van der Waals surface area contributed by atoms with Gasteiger partial charge in [-0.05, 0) is 38.4 Å². The van der Waals surface area contributed by atoms with Gasteiger partial charge in [0.1, 0.15) is 5.54 Å². The highest BCUT2D eigenvalue weighted by molar-refractivity contribution is 5.80. The number of carbonyl (C=O) groups excluding carboxylic acids is 1. The summed E-state index contributed by atoms with van der Waals surface area (Å²) in [6.45, 7) is 6.49. The Morgan fingerprint density at radius 1 is 1.38 bits per heavy atom. The molecule has 0 saturated carbocycles. The summed E-state index contributed by atoms with van der Waals surface area (Å²) in [4.78, 5) is 24.2. The van der Waals surface area contributed by atoms with E-state index < -0.39 is 5.54 Å². The zero-order valence-electron chi connectivity index (χ0n) is 14.5. The molecule has 1 aromatic heterocycles. The standard InChI is InChI=1S/C18H28N4O2/c1-2-10-22-11-3-5-15(14-22)16(23)21-18(6-12-24-13-7-18)17-19-8-4-9-20-17/h4,8-9,15H,2-3,5-7,10-14H2,1H3,(H,21,23). The number of aromatic nitrogens is 2. The van der Waals surface area contributed by atoms with E-state index in [-0.39, 0.29) is 11.8 Å². The van der Waals surface area contributed by atoms with Crippen molar-refractivity contribution in [3.63, 3.8) is 0 Å². The summed E-state index contributed by atoms with van der Waals surface area (Å²) in [5.74, 6) is 0.918. The predicted octanol–water partition coefficient (Wildman–Crippen LogP) is 1.72. The fraction of sp³-hybridized carbons (Fsp3) is 0.722. The molecule has 1 unspecified atom stereocenters. The highest BCUT2D eigenvalue weighted by Crippen LogP contribution is 2.30. The molecular weight excluding hydrogens is 304 g/mol. The van der Waals surface area contributed by atoms with E-state index in [1.165, 1.54) is 0 Å². The van der Waals surface area contributed by atoms with Crippen molar-refractivity contribution in [1.29, 1.82) is 0 Å². The van der Waals surface area contributed by atoms with Crippen molar-refractivity contribution in [1.82, 2.24) is 20.2 Å². The van der Waals surface area contributed by atoms with Crippen LogP contribution in [0.25, 0.3) is 0 Å². The largest absolute Gasteiger partial charge is 0.381 e. The molecule has 3 rings (SSSR count). The summed E-state index contributed by atoms with van der Waals surface area (Å²) in [5.41, 5.74) is -0.483. The number of ether oxygens (including phenoxy) is 1. The van der Waals surface area contributed by atoms with E-state index >= 15 is 0 Å². The average molecular weight is 332 g/mol. The van der Waals surface area contributed by atoms with Crippen LogP contribution in [0, 0.1) is 5.92 Å². The van der Waals surface area contributed by atoms with Gasteiger partial charge in [-0.25, -0.2) is 9.97 Å². The maximum Gasteiger partial charge on any atom is 0.225 e. The van der Waals surface area contributed by atoms with Gasteiger partial charge in [-0.3, -0.25) is 4.79 Å². The van der Waals surface area contributed by atoms with Gasteiger partial charge in [0, 0.05) is 45.0 Å². The Bertz CT molecular complexity index is 529. The summed E-state index contributed by atoms with van der Waals surface area (Å²) < 4.78 is 5.51. The van der Waals surface area contributed by atoms with Gasteiger partial charge >= 0.3 is 0 Å². The Balaban J connectivity index is 1.72. The second kappa shape index (κ2) is 8.03. The maximum absolute atomic E-state index is 13.0. The molecular formula is C18H28N4O2. The summed E-state index contributed by atoms with van der Waals surface area (Å²) in [7, 11) is 0. The van der Waals surface area contributed by atoms with Crippen LogP contribution in [-0.4, -0.2) is 53.6 Å². The number of likely N-dealkylation sites (tertiary alicyclic amines) is 1. The van der Waals surface area contributed by atoms with E-state index in [1.807, 2.05) is 6.07 Å². The first-order valence-corrected chi connectivity index (χ1v) is 9.13. The Kier molecular flexibility index (Phi) is 5.79. The van der Waals surface area contributed by atoms with E-state index in [9.17, 15) is 4.79 Å². The third-order valence-electron chi connectivity index (χ3n) is 5.12. The molecule has 132 valence electrons. The predicted molar refractivity (Wildman–Crippen MR) is 91.4 cm³/mol. The van der Waals surface area contributed by atoms with E-state index in [1.54, 1.807) is 12.4 Å². The average Bonchev–Trinajstić information content (AvgIpc) is 2.64. The molecule has 1 atom stereocenters. The topological polar surface area (TPSA) is 67.4 Å². The molecule has 0 aliphatic carbocycles. The first kappa shape index (κ1) is 17.3. The van der Waals surface area contributed by atoms with E-state index in [2.05, 4.69) is 27.1 Å². The molecule has 0 aromatic carbocycles. The fourth-order valence-electron chi connectivity index (χ4n) is 3.80. The first-order chi connectivity index (χ1) is 11.7. The number of rotatable bonds is 5. The zero-order valence-corrected chi connectivity index (χ0v) is 14.5. The summed E-state index contributed by atoms with van der Waals surface area (Å²) in [5, 5.41) is 3.31. The quantitative estimate of drug-likeness (QED) is 0.889. The van der Waals surface area contributed by atoms with Crippen LogP contribution in [0.3, 0.4) is 0 Å². The maximum atomic E-state index is 13.0. The van der Waals surface area contributed by atoms with Crippen LogP contribution < -0.4 is 5.32 Å². The summed E-state index contributed by atoms with van der Waals surface area (Å²) in [6.07, 6.45) is 8.14. The lowest BCUT2D eigenvalue weighted by molar-refractivity contribution is -0.130. The van der Waals surface area contributed by atoms with Crippen LogP contribution in [0.15, 0.2) is 18.5 Å². The molecule has 2 saturated heterocycles. The molecule has 1 aromatic rings. The molecule has 0 spiro atoms. The number of piperidine rings is 1. The zero-order chi connectivity index (χ0) is 16.8. The molecule has 1 amide bonds. The van der Waals surface area contributed by atoms with Crippen molar-refractivity contribution in [2.24, 2.45) is 5.92 Å². The first-order valence-electron chi connectivity index (χ1n) is 9.13. The molecule has 0 bridgehead atoms. The van der Waals surface area contributed by atoms with Gasteiger partial charge in [-0.15, -0.1) is 0 Å². The Morgan fingerprint density at radius 2 is 2.12 bits per heavy atom. The molecule has 6 heteroatoms. The molecule has 0 radical (unpaired) electrons. The van der Waals surface area contributed by atoms with Crippen LogP contribution in [0.2, 0.25) is 0 Å². The molecule has 2 aliphatic heterocycles. The van der Waals surface area contributed by atoms with Gasteiger partial charge in [-0.2, -0.15) is 0 Å². The minimum absolute atomic E-state index is 0.0636. The monoisotopic (exact) mass is 332 g/mol. The number of carbonyl (C=O) groups is 1. The highest BCUT2D eigenvalue weighted by Gasteiger charge is 2.40. The van der Waals surface area contributed by atoms with Gasteiger partial charge in [-0.1, -0.05) is 6.92 Å². The van der Waals surface area contributed by atoms with E-state index in [0.29, 0.717) is 19.0 Å². The Hall–Kier alpha value is -1.53. The number of nitrogens with one attached hydrogen (secondary N) is 1. The van der Waals surface area contributed by atoms with Crippen molar-refractivity contribution in [2.45, 2.75) is 44.6 Å². The fourth-order valence-corrected chi connectivity index (χ4v) is 3.80. The minimum atomic E-state index is -0.483. The number of amides is 1. The van der Waals surface area contributed by atoms with Crippen molar-refractivity contribution in [3.05, 3.63) is 24.3 Å². The van der Waals surface area contributed by atoms with Gasteiger partial charge in [0.2, 0.25) is 5.91 Å². The number of hydrogen-bond acceptors (Lipinski definition) is 5. The van der Waals surface area contributed by atoms with E-state index in [0.717, 1.165) is 51.7 Å². The Morgan fingerprint density at radius 3 is 2.83 bits per heavy atom. The lowest BCUT2D eigenvalue weighted by Gasteiger charge is -2.39. The lowest BCUT2D eigenvalue weighted by Crippen LogP contribution is -2.54. The van der Waals surface area contributed by atoms with Crippen LogP contribution in [0.5, 0.6) is 0 Å². The van der Waals surface area contributed by atoms with E-state index in [4.69, 9.17) is 4.74 Å². The third-order valence-corrected chi connectivity index (χ3v) is 5.12. The van der Waals surface area contributed by atoms with Crippen LogP contribution in [0.1, 0.15) is 44.9 Å². The lowest BCUT2D eigenvalue weighted by atomic mass is 9.87. The normalized spacial score (nSPS) is 24.5. The molecule has 1 N–H and O–H groups in total. The molecule has 2 aliphatic rings. The van der Waals surface area contributed by atoms with Crippen LogP contribution in [0.4, 0.5) is 0 Å². The second-order valence-electron chi connectivity index (χ2n) is 6.90. The van der Waals surface area contributed by atoms with Gasteiger partial charge in [0.05, 0.1) is 5.92 Å². The molecule has 6 nitrogen and oxygen atoms in total. The Labute approximate surface area is 144 Å². The third kappa shape index (κ3) is 3.92. The van der Waals surface area contributed by atoms with Crippen molar-refractivity contribution in [3.8, 4) is 0 Å². The number of nitrogens with zero attached hydrogens (tertiary/aromatic N) is 3. The van der Waals surface area contributed by atoms with Crippen LogP contribution >= 0.6 is 0 Å². The van der Waals surface area contributed by atoms with Gasteiger partial charge in [0.25, 0.3) is 0 Å². The van der Waals surface area contributed by atoms with Gasteiger partial charge < -0.3 is 15.0 Å². The molecule has 2 fully saturated rings. The van der Waals surface area contributed by atoms with Gasteiger partial charge in [0.15, 0.2) is 5.82 Å². The summed E-state index contributed by atoms with van der Waals surface area (Å²) >= 11 is 0. The minimum Gasteiger partial charge on any atom is -0.381 e. The van der Waals surface area contributed by atoms with Crippen LogP contribution in [-0.2, 0) is 15.1 Å². The summed E-state index contributed by atoms with van der Waals surface area (Å²) in [6, 6.07) is 1.81. The SMILES string of the molecule is CCCN1CCCC(C(=O)NC2(c3ncccn3)CCOCC2)C1. The molecule has 24 heavy (non-hydrogen) atoms. The highest BCUT2D eigenvalue weighted by atomic mass is 16.5. The smallest absolute Gasteiger partial charge is 0.225 e. The van der Waals surface area contributed by atoms with Crippen molar-refractivity contribution < 1.29 is 9.53 Å². The van der Waals surface area contributed by atoms with Crippen molar-refractivity contribution in [2.75, 3.05) is 32.8 Å². The second-order valence-corrected chi connectivity index (χ2v) is 6.90.